The Labute approximate surface area is 233 Å². The second-order valence-electron chi connectivity index (χ2n) is 12.4. The van der Waals surface area contributed by atoms with Crippen molar-refractivity contribution in [3.05, 3.63) is 58.7 Å². The van der Waals surface area contributed by atoms with Crippen LogP contribution in [0, 0.1) is 10.8 Å². The second-order valence-corrected chi connectivity index (χ2v) is 12.4. The van der Waals surface area contributed by atoms with Crippen molar-refractivity contribution in [2.24, 2.45) is 10.8 Å². The summed E-state index contributed by atoms with van der Waals surface area (Å²) in [5, 5.41) is 0. The van der Waals surface area contributed by atoms with Gasteiger partial charge in [-0.1, -0.05) is 27.7 Å². The molecule has 0 bridgehead atoms. The highest BCUT2D eigenvalue weighted by Gasteiger charge is 2.29. The van der Waals surface area contributed by atoms with Gasteiger partial charge >= 0.3 is 11.9 Å². The molecule has 0 N–H and O–H groups in total. The van der Waals surface area contributed by atoms with Gasteiger partial charge < -0.3 is 14.2 Å². The zero-order chi connectivity index (χ0) is 29.7. The Balaban J connectivity index is 2.59. The maximum Gasteiger partial charge on any atom is 0.316 e. The minimum absolute atomic E-state index is 0.0622. The quantitative estimate of drug-likeness (QED) is 0.139. The average molecular weight is 537 g/mol. The van der Waals surface area contributed by atoms with Gasteiger partial charge in [-0.3, -0.25) is 14.4 Å². The van der Waals surface area contributed by atoms with Crippen LogP contribution in [-0.2, 0) is 9.59 Å². The van der Waals surface area contributed by atoms with Gasteiger partial charge in [0, 0.05) is 5.56 Å². The fourth-order valence-electron chi connectivity index (χ4n) is 3.59. The molecule has 0 aromatic heterocycles. The molecule has 2 aromatic carbocycles. The minimum atomic E-state index is -0.717. The van der Waals surface area contributed by atoms with Crippen LogP contribution in [0.15, 0.2) is 36.4 Å². The second kappa shape index (κ2) is 12.6. The van der Waals surface area contributed by atoms with Crippen LogP contribution in [0.2, 0.25) is 0 Å². The first-order valence-corrected chi connectivity index (χ1v) is 13.6. The third kappa shape index (κ3) is 8.29. The van der Waals surface area contributed by atoms with Crippen LogP contribution in [0.1, 0.15) is 115 Å². The predicted molar refractivity (Wildman–Crippen MR) is 156 cm³/mol. The number of carbonyl (C=O) groups excluding carboxylic acids is 3. The molecule has 0 aliphatic heterocycles. The van der Waals surface area contributed by atoms with Gasteiger partial charge in [0.05, 0.1) is 23.0 Å². The fraction of sp³-hybridized carbons (Fsp3) is 0.485. The van der Waals surface area contributed by atoms with Crippen molar-refractivity contribution in [2.75, 3.05) is 6.61 Å². The summed E-state index contributed by atoms with van der Waals surface area (Å²) in [7, 11) is 0. The largest absolute Gasteiger partial charge is 0.493 e. The van der Waals surface area contributed by atoms with E-state index in [1.165, 1.54) is 6.08 Å². The monoisotopic (exact) mass is 536 g/mol. The number of allylic oxidation sites excluding steroid dienone is 1. The van der Waals surface area contributed by atoms with Gasteiger partial charge in [0.2, 0.25) is 0 Å². The SMILES string of the molecule is CCOc1c(C(C)C)cc(C(C)C)c(OC(=O)C(C)(C)C)c1C=CC(=O)c1ccc(OC(=O)C(C)(C)C)cc1. The Morgan fingerprint density at radius 3 is 1.72 bits per heavy atom. The van der Waals surface area contributed by atoms with Crippen molar-refractivity contribution in [3.63, 3.8) is 0 Å². The summed E-state index contributed by atoms with van der Waals surface area (Å²) in [5.74, 6) is 0.610. The zero-order valence-electron chi connectivity index (χ0n) is 25.4. The van der Waals surface area contributed by atoms with Gasteiger partial charge in [0.15, 0.2) is 5.78 Å². The lowest BCUT2D eigenvalue weighted by Crippen LogP contribution is -2.26. The zero-order valence-corrected chi connectivity index (χ0v) is 25.4. The van der Waals surface area contributed by atoms with E-state index in [0.717, 1.165) is 11.1 Å². The molecule has 0 saturated heterocycles. The van der Waals surface area contributed by atoms with Gasteiger partial charge in [0.25, 0.3) is 0 Å². The molecule has 0 saturated carbocycles. The molecule has 0 spiro atoms. The molecule has 2 rings (SSSR count). The Morgan fingerprint density at radius 2 is 1.26 bits per heavy atom. The van der Waals surface area contributed by atoms with E-state index >= 15 is 0 Å². The molecule has 0 heterocycles. The van der Waals surface area contributed by atoms with Crippen molar-refractivity contribution in [1.82, 2.24) is 0 Å². The van der Waals surface area contributed by atoms with Gasteiger partial charge in [-0.15, -0.1) is 0 Å². The molecular formula is C33H44O6. The maximum absolute atomic E-state index is 13.2. The maximum atomic E-state index is 13.2. The summed E-state index contributed by atoms with van der Waals surface area (Å²) < 4.78 is 17.5. The van der Waals surface area contributed by atoms with E-state index in [-0.39, 0.29) is 29.6 Å². The number of hydrogen-bond acceptors (Lipinski definition) is 6. The number of benzene rings is 2. The van der Waals surface area contributed by atoms with Gasteiger partial charge in [-0.2, -0.15) is 0 Å². The van der Waals surface area contributed by atoms with E-state index in [9.17, 15) is 14.4 Å². The first-order valence-electron chi connectivity index (χ1n) is 13.6. The van der Waals surface area contributed by atoms with E-state index in [0.29, 0.717) is 35.0 Å². The molecule has 212 valence electrons. The lowest BCUT2D eigenvalue weighted by atomic mass is 9.90. The van der Waals surface area contributed by atoms with Crippen LogP contribution in [0.5, 0.6) is 17.2 Å². The summed E-state index contributed by atoms with van der Waals surface area (Å²) in [6.45, 7) is 21.3. The van der Waals surface area contributed by atoms with Crippen LogP contribution < -0.4 is 14.2 Å². The molecule has 0 aliphatic carbocycles. The van der Waals surface area contributed by atoms with Crippen LogP contribution >= 0.6 is 0 Å². The lowest BCUT2D eigenvalue weighted by molar-refractivity contribution is -0.143. The standard InChI is InChI=1S/C33H44O6/c1-12-37-28-24(17-18-27(34)22-13-15-23(16-14-22)38-30(35)32(6,7)8)29(39-31(36)33(9,10)11)26(21(4)5)19-25(28)20(2)3/h13-21H,12H2,1-11H3. The molecule has 39 heavy (non-hydrogen) atoms. The topological polar surface area (TPSA) is 78.9 Å². The molecule has 0 radical (unpaired) electrons. The van der Waals surface area contributed by atoms with Crippen molar-refractivity contribution in [1.29, 1.82) is 0 Å². The summed E-state index contributed by atoms with van der Waals surface area (Å²) in [5.41, 5.74) is 1.49. The van der Waals surface area contributed by atoms with Crippen LogP contribution in [0.3, 0.4) is 0 Å². The number of ketones is 1. The lowest BCUT2D eigenvalue weighted by Gasteiger charge is -2.25. The van der Waals surface area contributed by atoms with E-state index < -0.39 is 10.8 Å². The van der Waals surface area contributed by atoms with Crippen molar-refractivity contribution in [2.45, 2.75) is 88.0 Å². The molecule has 0 aliphatic rings. The van der Waals surface area contributed by atoms with Crippen LogP contribution in [0.4, 0.5) is 0 Å². The first-order chi connectivity index (χ1) is 18.0. The Hall–Kier alpha value is -3.41. The van der Waals surface area contributed by atoms with E-state index in [1.54, 1.807) is 71.9 Å². The summed E-state index contributed by atoms with van der Waals surface area (Å²) >= 11 is 0. The Kier molecular flexibility index (Phi) is 10.3. The molecule has 0 amide bonds. The van der Waals surface area contributed by atoms with Crippen molar-refractivity contribution < 1.29 is 28.6 Å². The third-order valence-corrected chi connectivity index (χ3v) is 6.03. The summed E-state index contributed by atoms with van der Waals surface area (Å²) in [6.07, 6.45) is 3.13. The van der Waals surface area contributed by atoms with Gasteiger partial charge in [-0.25, -0.2) is 0 Å². The third-order valence-electron chi connectivity index (χ3n) is 6.03. The number of esters is 2. The van der Waals surface area contributed by atoms with Gasteiger partial charge in [-0.05, 0) is 114 Å². The molecule has 0 fully saturated rings. The Bertz CT molecular complexity index is 1220. The van der Waals surface area contributed by atoms with Gasteiger partial charge in [0.1, 0.15) is 17.2 Å². The van der Waals surface area contributed by atoms with Crippen molar-refractivity contribution in [3.8, 4) is 17.2 Å². The highest BCUT2D eigenvalue weighted by atomic mass is 16.5. The van der Waals surface area contributed by atoms with Crippen LogP contribution in [-0.4, -0.2) is 24.3 Å². The smallest absolute Gasteiger partial charge is 0.316 e. The highest BCUT2D eigenvalue weighted by molar-refractivity contribution is 6.07. The minimum Gasteiger partial charge on any atom is -0.493 e. The number of carbonyl (C=O) groups is 3. The molecule has 0 atom stereocenters. The molecule has 2 aromatic rings. The van der Waals surface area contributed by atoms with Crippen molar-refractivity contribution >= 4 is 23.8 Å². The summed E-state index contributed by atoms with van der Waals surface area (Å²) in [4.78, 5) is 38.3. The molecule has 0 unspecified atom stereocenters. The fourth-order valence-corrected chi connectivity index (χ4v) is 3.59. The van der Waals surface area contributed by atoms with Crippen LogP contribution in [0.25, 0.3) is 6.08 Å². The van der Waals surface area contributed by atoms with E-state index in [1.807, 2.05) is 26.8 Å². The predicted octanol–water partition coefficient (Wildman–Crippen LogP) is 8.13. The molecule has 6 heteroatoms. The Morgan fingerprint density at radius 1 is 0.769 bits per heavy atom. The highest BCUT2D eigenvalue weighted by Crippen LogP contribution is 2.43. The number of ether oxygens (including phenoxy) is 3. The number of rotatable bonds is 9. The molecular weight excluding hydrogens is 492 g/mol. The molecule has 6 nitrogen and oxygen atoms in total. The summed E-state index contributed by atoms with van der Waals surface area (Å²) in [6, 6.07) is 8.48. The van der Waals surface area contributed by atoms with E-state index in [4.69, 9.17) is 14.2 Å². The van der Waals surface area contributed by atoms with E-state index in [2.05, 4.69) is 13.8 Å². The number of hydrogen-bond donors (Lipinski definition) is 0. The normalized spacial score (nSPS) is 12.2. The average Bonchev–Trinajstić information content (AvgIpc) is 2.82. The first kappa shape index (κ1) is 31.8.